The van der Waals surface area contributed by atoms with E-state index in [0.717, 1.165) is 17.7 Å². The maximum atomic E-state index is 6.07. The van der Waals surface area contributed by atoms with E-state index in [0.29, 0.717) is 23.2 Å². The predicted molar refractivity (Wildman–Crippen MR) is 72.8 cm³/mol. The summed E-state index contributed by atoms with van der Waals surface area (Å²) in [5, 5.41) is 4.99. The van der Waals surface area contributed by atoms with Crippen molar-refractivity contribution < 1.29 is 4.74 Å². The molecule has 18 heavy (non-hydrogen) atoms. The zero-order chi connectivity index (χ0) is 13.1. The number of nitrogen functional groups attached to an aromatic ring is 1. The summed E-state index contributed by atoms with van der Waals surface area (Å²) in [7, 11) is 1.82. The highest BCUT2D eigenvalue weighted by Gasteiger charge is 2.13. The van der Waals surface area contributed by atoms with E-state index in [4.69, 9.17) is 22.1 Å². The molecule has 2 aromatic rings. The predicted octanol–water partition coefficient (Wildman–Crippen LogP) is 2.80. The zero-order valence-electron chi connectivity index (χ0n) is 10.5. The molecular weight excluding hydrogens is 250 g/mol. The Morgan fingerprint density at radius 1 is 1.39 bits per heavy atom. The van der Waals surface area contributed by atoms with Crippen LogP contribution in [0.1, 0.15) is 18.2 Å². The molecule has 0 amide bonds. The van der Waals surface area contributed by atoms with Crippen LogP contribution in [0.4, 0.5) is 5.69 Å². The molecule has 1 aromatic heterocycles. The van der Waals surface area contributed by atoms with Crippen molar-refractivity contribution in [2.24, 2.45) is 7.05 Å². The molecule has 0 radical (unpaired) electrons. The van der Waals surface area contributed by atoms with Gasteiger partial charge in [0.1, 0.15) is 12.3 Å². The fourth-order valence-corrected chi connectivity index (χ4v) is 1.96. The fourth-order valence-electron chi connectivity index (χ4n) is 1.77. The molecule has 0 atom stereocenters. The Morgan fingerprint density at radius 3 is 2.72 bits per heavy atom. The monoisotopic (exact) mass is 265 g/mol. The van der Waals surface area contributed by atoms with Crippen LogP contribution in [0.2, 0.25) is 5.02 Å². The zero-order valence-corrected chi connectivity index (χ0v) is 11.2. The molecule has 0 saturated heterocycles. The molecule has 0 spiro atoms. The van der Waals surface area contributed by atoms with Gasteiger partial charge in [0, 0.05) is 17.6 Å². The van der Waals surface area contributed by atoms with Crippen molar-refractivity contribution >= 4 is 17.3 Å². The summed E-state index contributed by atoms with van der Waals surface area (Å²) in [6, 6.07) is 7.58. The Labute approximate surface area is 111 Å². The van der Waals surface area contributed by atoms with Crippen LogP contribution in [0, 0.1) is 0 Å². The van der Waals surface area contributed by atoms with Gasteiger partial charge >= 0.3 is 0 Å². The summed E-state index contributed by atoms with van der Waals surface area (Å²) < 4.78 is 7.37. The second kappa shape index (κ2) is 5.31. The number of nitrogens with two attached hydrogens (primary N) is 1. The second-order valence-electron chi connectivity index (χ2n) is 4.02. The number of nitrogens with zero attached hydrogens (tertiary/aromatic N) is 2. The summed E-state index contributed by atoms with van der Waals surface area (Å²) in [5.41, 5.74) is 8.36. The van der Waals surface area contributed by atoms with E-state index in [2.05, 4.69) is 5.10 Å². The lowest BCUT2D eigenvalue weighted by atomic mass is 10.2. The number of ether oxygens (including phenoxy) is 1. The molecule has 4 nitrogen and oxygen atoms in total. The summed E-state index contributed by atoms with van der Waals surface area (Å²) in [6.07, 6.45) is 0.787. The Morgan fingerprint density at radius 2 is 2.11 bits per heavy atom. The van der Waals surface area contributed by atoms with Crippen LogP contribution < -0.4 is 10.5 Å². The number of aryl methyl sites for hydroxylation is 2. The first kappa shape index (κ1) is 12.8. The second-order valence-corrected chi connectivity index (χ2v) is 4.43. The molecule has 2 rings (SSSR count). The molecule has 1 heterocycles. The number of anilines is 1. The van der Waals surface area contributed by atoms with Crippen LogP contribution >= 0.6 is 11.6 Å². The molecule has 0 aliphatic heterocycles. The van der Waals surface area contributed by atoms with Crippen molar-refractivity contribution in [2.45, 2.75) is 20.0 Å². The van der Waals surface area contributed by atoms with Gasteiger partial charge in [-0.2, -0.15) is 5.10 Å². The Bertz CT molecular complexity index is 551. The topological polar surface area (TPSA) is 53.1 Å². The lowest BCUT2D eigenvalue weighted by molar-refractivity contribution is 0.280. The van der Waals surface area contributed by atoms with Crippen molar-refractivity contribution in [3.63, 3.8) is 0 Å². The van der Waals surface area contributed by atoms with Crippen LogP contribution in [0.5, 0.6) is 5.88 Å². The van der Waals surface area contributed by atoms with Gasteiger partial charge in [-0.1, -0.05) is 36.7 Å². The van der Waals surface area contributed by atoms with E-state index in [-0.39, 0.29) is 0 Å². The number of hydrogen-bond donors (Lipinski definition) is 1. The summed E-state index contributed by atoms with van der Waals surface area (Å²) >= 11 is 6.07. The Hall–Kier alpha value is -1.68. The molecule has 5 heteroatoms. The van der Waals surface area contributed by atoms with Gasteiger partial charge in [-0.05, 0) is 12.5 Å². The molecule has 0 bridgehead atoms. The van der Waals surface area contributed by atoms with Crippen LogP contribution in [0.15, 0.2) is 24.3 Å². The number of benzene rings is 1. The first-order valence-corrected chi connectivity index (χ1v) is 6.18. The molecule has 2 N–H and O–H groups in total. The summed E-state index contributed by atoms with van der Waals surface area (Å²) in [6.45, 7) is 2.39. The summed E-state index contributed by atoms with van der Waals surface area (Å²) in [5.74, 6) is 0.590. The van der Waals surface area contributed by atoms with Crippen molar-refractivity contribution in [1.82, 2.24) is 9.78 Å². The number of halogens is 1. The van der Waals surface area contributed by atoms with E-state index in [1.54, 1.807) is 4.68 Å². The highest BCUT2D eigenvalue weighted by atomic mass is 35.5. The normalized spacial score (nSPS) is 10.6. The molecule has 0 aliphatic carbocycles. The first-order valence-electron chi connectivity index (χ1n) is 5.81. The minimum absolute atomic E-state index is 0.382. The molecule has 96 valence electrons. The standard InChI is InChI=1S/C13H16ClN3O/c1-3-11-12(15)13(17(2)16-11)18-8-9-6-4-5-7-10(9)14/h4-7H,3,8,15H2,1-2H3. The minimum Gasteiger partial charge on any atom is -0.471 e. The maximum Gasteiger partial charge on any atom is 0.236 e. The Kier molecular flexibility index (Phi) is 3.77. The average Bonchev–Trinajstić information content (AvgIpc) is 2.64. The van der Waals surface area contributed by atoms with E-state index in [9.17, 15) is 0 Å². The molecular formula is C13H16ClN3O. The van der Waals surface area contributed by atoms with Gasteiger partial charge in [-0.3, -0.25) is 0 Å². The molecule has 0 saturated carbocycles. The van der Waals surface area contributed by atoms with Crippen LogP contribution in [-0.2, 0) is 20.1 Å². The highest BCUT2D eigenvalue weighted by molar-refractivity contribution is 6.31. The molecule has 0 fully saturated rings. The third kappa shape index (κ3) is 2.43. The van der Waals surface area contributed by atoms with Gasteiger partial charge in [0.15, 0.2) is 0 Å². The van der Waals surface area contributed by atoms with E-state index < -0.39 is 0 Å². The number of rotatable bonds is 4. The largest absolute Gasteiger partial charge is 0.471 e. The molecule has 1 aromatic carbocycles. The molecule has 0 aliphatic rings. The van der Waals surface area contributed by atoms with Crippen molar-refractivity contribution in [2.75, 3.05) is 5.73 Å². The van der Waals surface area contributed by atoms with Gasteiger partial charge in [-0.15, -0.1) is 0 Å². The highest BCUT2D eigenvalue weighted by Crippen LogP contribution is 2.26. The SMILES string of the molecule is CCc1nn(C)c(OCc2ccccc2Cl)c1N. The number of hydrogen-bond acceptors (Lipinski definition) is 3. The van der Waals surface area contributed by atoms with Gasteiger partial charge < -0.3 is 10.5 Å². The molecule has 0 unspecified atom stereocenters. The fraction of sp³-hybridized carbons (Fsp3) is 0.308. The minimum atomic E-state index is 0.382. The smallest absolute Gasteiger partial charge is 0.236 e. The average molecular weight is 266 g/mol. The van der Waals surface area contributed by atoms with Crippen LogP contribution in [-0.4, -0.2) is 9.78 Å². The quantitative estimate of drug-likeness (QED) is 0.925. The Balaban J connectivity index is 2.16. The van der Waals surface area contributed by atoms with Crippen LogP contribution in [0.25, 0.3) is 0 Å². The lowest BCUT2D eigenvalue weighted by Gasteiger charge is -2.08. The van der Waals surface area contributed by atoms with E-state index in [1.807, 2.05) is 38.2 Å². The van der Waals surface area contributed by atoms with E-state index >= 15 is 0 Å². The van der Waals surface area contributed by atoms with Gasteiger partial charge in [0.2, 0.25) is 5.88 Å². The van der Waals surface area contributed by atoms with Gasteiger partial charge in [-0.25, -0.2) is 4.68 Å². The first-order chi connectivity index (χ1) is 8.63. The van der Waals surface area contributed by atoms with Crippen molar-refractivity contribution in [3.05, 3.63) is 40.5 Å². The van der Waals surface area contributed by atoms with Crippen molar-refractivity contribution in [1.29, 1.82) is 0 Å². The third-order valence-corrected chi connectivity index (χ3v) is 3.13. The van der Waals surface area contributed by atoms with Gasteiger partial charge in [0.25, 0.3) is 0 Å². The van der Waals surface area contributed by atoms with Crippen LogP contribution in [0.3, 0.4) is 0 Å². The van der Waals surface area contributed by atoms with Crippen molar-refractivity contribution in [3.8, 4) is 5.88 Å². The summed E-state index contributed by atoms with van der Waals surface area (Å²) in [4.78, 5) is 0. The van der Waals surface area contributed by atoms with E-state index in [1.165, 1.54) is 0 Å². The maximum absolute atomic E-state index is 6.07. The lowest BCUT2D eigenvalue weighted by Crippen LogP contribution is -2.03. The number of aromatic nitrogens is 2. The van der Waals surface area contributed by atoms with Gasteiger partial charge in [0.05, 0.1) is 5.69 Å². The third-order valence-electron chi connectivity index (χ3n) is 2.76.